The lowest BCUT2D eigenvalue weighted by atomic mass is 9.91. The van der Waals surface area contributed by atoms with Gasteiger partial charge in [-0.25, -0.2) is 4.79 Å². The Bertz CT molecular complexity index is 561. The van der Waals surface area contributed by atoms with Crippen LogP contribution in [0.2, 0.25) is 0 Å². The van der Waals surface area contributed by atoms with E-state index >= 15 is 0 Å². The van der Waals surface area contributed by atoms with Gasteiger partial charge in [0.2, 0.25) is 0 Å². The number of rotatable bonds is 3. The molecule has 1 saturated carbocycles. The van der Waals surface area contributed by atoms with E-state index in [1.807, 2.05) is 45.0 Å². The van der Waals surface area contributed by atoms with Crippen molar-refractivity contribution in [2.24, 2.45) is 11.3 Å². The molecule has 0 heterocycles. The zero-order valence-electron chi connectivity index (χ0n) is 15.2. The van der Waals surface area contributed by atoms with Crippen molar-refractivity contribution in [2.75, 3.05) is 10.6 Å². The number of nitrogens with one attached hydrogen (secondary N) is 2. The third kappa shape index (κ3) is 5.45. The summed E-state index contributed by atoms with van der Waals surface area (Å²) >= 11 is 0. The van der Waals surface area contributed by atoms with E-state index in [9.17, 15) is 4.79 Å². The Kier molecular flexibility index (Phi) is 4.92. The monoisotopic (exact) mass is 318 g/mol. The zero-order chi connectivity index (χ0) is 17.3. The maximum atomic E-state index is 11.9. The standard InChI is InChI=1S/C19H30N2O2/c1-13-11-19(5,6)12-16(13)20-14-8-7-9-15(10-14)21-17(22)23-18(2,3)4/h7-10,13,16,20H,11-12H2,1-6H3,(H,21,22). The molecular formula is C19H30N2O2. The molecule has 2 N–H and O–H groups in total. The molecule has 0 saturated heterocycles. The highest BCUT2D eigenvalue weighted by molar-refractivity contribution is 5.85. The van der Waals surface area contributed by atoms with Crippen LogP contribution < -0.4 is 10.6 Å². The molecule has 0 spiro atoms. The summed E-state index contributed by atoms with van der Waals surface area (Å²) in [5.41, 5.74) is 1.68. The second kappa shape index (κ2) is 6.42. The molecule has 0 aliphatic heterocycles. The van der Waals surface area contributed by atoms with Gasteiger partial charge in [-0.2, -0.15) is 0 Å². The average molecular weight is 318 g/mol. The first-order valence-corrected chi connectivity index (χ1v) is 8.41. The van der Waals surface area contributed by atoms with Crippen LogP contribution in [-0.2, 0) is 4.74 Å². The van der Waals surface area contributed by atoms with Crippen molar-refractivity contribution in [2.45, 2.75) is 66.0 Å². The summed E-state index contributed by atoms with van der Waals surface area (Å²) in [5, 5.41) is 6.41. The van der Waals surface area contributed by atoms with Crippen LogP contribution in [0.3, 0.4) is 0 Å². The first-order chi connectivity index (χ1) is 10.5. The van der Waals surface area contributed by atoms with E-state index in [1.54, 1.807) is 0 Å². The zero-order valence-corrected chi connectivity index (χ0v) is 15.2. The summed E-state index contributed by atoms with van der Waals surface area (Å²) in [5.74, 6) is 0.646. The smallest absolute Gasteiger partial charge is 0.412 e. The Morgan fingerprint density at radius 2 is 1.87 bits per heavy atom. The summed E-state index contributed by atoms with van der Waals surface area (Å²) in [4.78, 5) is 11.9. The minimum absolute atomic E-state index is 0.392. The number of amides is 1. The molecule has 23 heavy (non-hydrogen) atoms. The fourth-order valence-electron chi connectivity index (χ4n) is 3.41. The third-order valence-electron chi connectivity index (χ3n) is 4.19. The molecule has 1 amide bonds. The van der Waals surface area contributed by atoms with E-state index in [1.165, 1.54) is 6.42 Å². The highest BCUT2D eigenvalue weighted by atomic mass is 16.6. The van der Waals surface area contributed by atoms with Crippen LogP contribution in [0.15, 0.2) is 24.3 Å². The SMILES string of the molecule is CC1CC(C)(C)CC1Nc1cccc(NC(=O)OC(C)(C)C)c1. The highest BCUT2D eigenvalue weighted by Gasteiger charge is 2.36. The van der Waals surface area contributed by atoms with Gasteiger partial charge >= 0.3 is 6.09 Å². The molecule has 1 fully saturated rings. The largest absolute Gasteiger partial charge is 0.444 e. The molecule has 4 nitrogen and oxygen atoms in total. The number of benzene rings is 1. The van der Waals surface area contributed by atoms with E-state index in [4.69, 9.17) is 4.74 Å². The Morgan fingerprint density at radius 3 is 2.43 bits per heavy atom. The molecule has 2 rings (SSSR count). The predicted octanol–water partition coefficient (Wildman–Crippen LogP) is 5.27. The molecule has 0 bridgehead atoms. The van der Waals surface area contributed by atoms with Crippen LogP contribution in [0.4, 0.5) is 16.2 Å². The summed E-state index contributed by atoms with van der Waals surface area (Å²) in [6, 6.07) is 8.29. The maximum Gasteiger partial charge on any atom is 0.412 e. The van der Waals surface area contributed by atoms with E-state index in [0.29, 0.717) is 17.4 Å². The van der Waals surface area contributed by atoms with Gasteiger partial charge in [0.15, 0.2) is 0 Å². The van der Waals surface area contributed by atoms with Crippen LogP contribution in [-0.4, -0.2) is 17.7 Å². The quantitative estimate of drug-likeness (QED) is 0.798. The summed E-state index contributed by atoms with van der Waals surface area (Å²) < 4.78 is 5.29. The molecule has 1 aromatic rings. The van der Waals surface area contributed by atoms with Crippen molar-refractivity contribution >= 4 is 17.5 Å². The fourth-order valence-corrected chi connectivity index (χ4v) is 3.41. The van der Waals surface area contributed by atoms with Gasteiger partial charge in [0, 0.05) is 17.4 Å². The molecule has 2 unspecified atom stereocenters. The first-order valence-electron chi connectivity index (χ1n) is 8.41. The Balaban J connectivity index is 1.99. The highest BCUT2D eigenvalue weighted by Crippen LogP contribution is 2.42. The number of carbonyl (C=O) groups is 1. The molecule has 0 radical (unpaired) electrons. The van der Waals surface area contributed by atoms with Gasteiger partial charge in [0.25, 0.3) is 0 Å². The lowest BCUT2D eigenvalue weighted by Gasteiger charge is -2.21. The van der Waals surface area contributed by atoms with Crippen molar-refractivity contribution < 1.29 is 9.53 Å². The van der Waals surface area contributed by atoms with Gasteiger partial charge in [-0.15, -0.1) is 0 Å². The maximum absolute atomic E-state index is 11.9. The minimum Gasteiger partial charge on any atom is -0.444 e. The number of carbonyl (C=O) groups excluding carboxylic acids is 1. The summed E-state index contributed by atoms with van der Waals surface area (Å²) in [6.07, 6.45) is 1.98. The third-order valence-corrected chi connectivity index (χ3v) is 4.19. The lowest BCUT2D eigenvalue weighted by molar-refractivity contribution is 0.0636. The van der Waals surface area contributed by atoms with Crippen molar-refractivity contribution in [3.63, 3.8) is 0 Å². The lowest BCUT2D eigenvalue weighted by Crippen LogP contribution is -2.27. The molecule has 0 aromatic heterocycles. The van der Waals surface area contributed by atoms with Crippen molar-refractivity contribution in [1.82, 2.24) is 0 Å². The van der Waals surface area contributed by atoms with Gasteiger partial charge in [-0.3, -0.25) is 5.32 Å². The van der Waals surface area contributed by atoms with Gasteiger partial charge in [0.05, 0.1) is 0 Å². The molecular weight excluding hydrogens is 288 g/mol. The number of ether oxygens (including phenoxy) is 1. The van der Waals surface area contributed by atoms with Gasteiger partial charge < -0.3 is 10.1 Å². The summed E-state index contributed by atoms with van der Waals surface area (Å²) in [6.45, 7) is 12.5. The Morgan fingerprint density at radius 1 is 1.22 bits per heavy atom. The van der Waals surface area contributed by atoms with Crippen molar-refractivity contribution in [3.8, 4) is 0 Å². The second-order valence-corrected chi connectivity index (χ2v) is 8.51. The van der Waals surface area contributed by atoms with E-state index in [-0.39, 0.29) is 0 Å². The fraction of sp³-hybridized carbons (Fsp3) is 0.632. The predicted molar refractivity (Wildman–Crippen MR) is 95.9 cm³/mol. The van der Waals surface area contributed by atoms with Crippen LogP contribution in [0.1, 0.15) is 54.4 Å². The van der Waals surface area contributed by atoms with Crippen LogP contribution >= 0.6 is 0 Å². The van der Waals surface area contributed by atoms with E-state index < -0.39 is 11.7 Å². The number of hydrogen-bond donors (Lipinski definition) is 2. The molecule has 1 aliphatic carbocycles. The van der Waals surface area contributed by atoms with Crippen LogP contribution in [0.25, 0.3) is 0 Å². The number of anilines is 2. The first kappa shape index (κ1) is 17.6. The topological polar surface area (TPSA) is 50.4 Å². The van der Waals surface area contributed by atoms with Crippen LogP contribution in [0, 0.1) is 11.3 Å². The second-order valence-electron chi connectivity index (χ2n) is 8.51. The van der Waals surface area contributed by atoms with Gasteiger partial charge in [0.1, 0.15) is 5.60 Å². The van der Waals surface area contributed by atoms with E-state index in [2.05, 4.69) is 31.4 Å². The molecule has 1 aliphatic rings. The number of hydrogen-bond acceptors (Lipinski definition) is 3. The van der Waals surface area contributed by atoms with Gasteiger partial charge in [-0.05, 0) is 63.1 Å². The van der Waals surface area contributed by atoms with Crippen molar-refractivity contribution in [1.29, 1.82) is 0 Å². The summed E-state index contributed by atoms with van der Waals surface area (Å²) in [7, 11) is 0. The molecule has 1 aromatic carbocycles. The Labute approximate surface area is 140 Å². The Hall–Kier alpha value is -1.71. The van der Waals surface area contributed by atoms with E-state index in [0.717, 1.165) is 17.8 Å². The van der Waals surface area contributed by atoms with Crippen LogP contribution in [0.5, 0.6) is 0 Å². The minimum atomic E-state index is -0.495. The van der Waals surface area contributed by atoms with Gasteiger partial charge in [-0.1, -0.05) is 26.8 Å². The molecule has 2 atom stereocenters. The normalized spacial score (nSPS) is 23.4. The van der Waals surface area contributed by atoms with Crippen molar-refractivity contribution in [3.05, 3.63) is 24.3 Å². The molecule has 4 heteroatoms. The molecule has 128 valence electrons. The average Bonchev–Trinajstić information content (AvgIpc) is 2.59.